The third kappa shape index (κ3) is 6.55. The van der Waals surface area contributed by atoms with Gasteiger partial charge in [0.25, 0.3) is 0 Å². The maximum atomic E-state index is 4.11. The number of oxime groups is 1. The third-order valence-electron chi connectivity index (χ3n) is 2.65. The molecule has 0 aliphatic rings. The smallest absolute Gasteiger partial charge is 0.114 e. The lowest BCUT2D eigenvalue weighted by molar-refractivity contribution is 0.273. The van der Waals surface area contributed by atoms with Gasteiger partial charge in [-0.2, -0.15) is 0 Å². The predicted octanol–water partition coefficient (Wildman–Crippen LogP) is 4.98. The Morgan fingerprint density at radius 2 is 1.65 bits per heavy atom. The fourth-order valence-corrected chi connectivity index (χ4v) is 1.68. The van der Waals surface area contributed by atoms with Crippen molar-refractivity contribution < 1.29 is 4.84 Å². The number of hydrogen-bond donors (Lipinski definition) is 0. The summed E-state index contributed by atoms with van der Waals surface area (Å²) in [5.74, 6) is 0. The SMILES string of the molecule is C.C=CON=C.Cc1ccccc1Cc1ccccc1. The largest absolute Gasteiger partial charge is 0.366 e. The normalized spacial score (nSPS) is 8.45. The van der Waals surface area contributed by atoms with Gasteiger partial charge >= 0.3 is 0 Å². The van der Waals surface area contributed by atoms with Gasteiger partial charge in [0.05, 0.1) is 0 Å². The molecule has 0 aliphatic heterocycles. The van der Waals surface area contributed by atoms with E-state index in [0.717, 1.165) is 6.42 Å². The van der Waals surface area contributed by atoms with Crippen LogP contribution < -0.4 is 0 Å². The van der Waals surface area contributed by atoms with Crippen molar-refractivity contribution in [1.82, 2.24) is 0 Å². The fourth-order valence-electron chi connectivity index (χ4n) is 1.68. The molecule has 20 heavy (non-hydrogen) atoms. The zero-order valence-electron chi connectivity index (χ0n) is 11.3. The molecule has 2 nitrogen and oxygen atoms in total. The Morgan fingerprint density at radius 3 is 2.15 bits per heavy atom. The van der Waals surface area contributed by atoms with Crippen molar-refractivity contribution in [1.29, 1.82) is 0 Å². The van der Waals surface area contributed by atoms with Gasteiger partial charge in [0, 0.05) is 6.72 Å². The molecule has 106 valence electrons. The molecular weight excluding hydrogens is 246 g/mol. The average molecular weight is 269 g/mol. The van der Waals surface area contributed by atoms with Crippen molar-refractivity contribution >= 4 is 6.72 Å². The summed E-state index contributed by atoms with van der Waals surface area (Å²) in [5.41, 5.74) is 4.16. The Labute approximate surface area is 122 Å². The minimum atomic E-state index is 0. The molecule has 0 radical (unpaired) electrons. The highest BCUT2D eigenvalue weighted by Crippen LogP contribution is 2.12. The summed E-state index contributed by atoms with van der Waals surface area (Å²) in [6.07, 6.45) is 2.24. The molecule has 0 atom stereocenters. The van der Waals surface area contributed by atoms with Gasteiger partial charge in [0.1, 0.15) is 6.26 Å². The number of hydrogen-bond acceptors (Lipinski definition) is 2. The van der Waals surface area contributed by atoms with Crippen LogP contribution in [-0.4, -0.2) is 6.72 Å². The quantitative estimate of drug-likeness (QED) is 0.435. The predicted molar refractivity (Wildman–Crippen MR) is 88.0 cm³/mol. The van der Waals surface area contributed by atoms with Crippen LogP contribution in [0.5, 0.6) is 0 Å². The van der Waals surface area contributed by atoms with Crippen LogP contribution in [-0.2, 0) is 11.3 Å². The zero-order valence-corrected chi connectivity index (χ0v) is 11.3. The van der Waals surface area contributed by atoms with Crippen LogP contribution in [0.2, 0.25) is 0 Å². The van der Waals surface area contributed by atoms with E-state index in [1.807, 2.05) is 0 Å². The lowest BCUT2D eigenvalue weighted by Crippen LogP contribution is -1.90. The molecule has 0 unspecified atom stereocenters. The van der Waals surface area contributed by atoms with Crippen molar-refractivity contribution in [3.05, 3.63) is 84.1 Å². The highest BCUT2D eigenvalue weighted by atomic mass is 16.6. The van der Waals surface area contributed by atoms with E-state index in [4.69, 9.17) is 0 Å². The maximum absolute atomic E-state index is 4.11. The van der Waals surface area contributed by atoms with E-state index in [9.17, 15) is 0 Å². The summed E-state index contributed by atoms with van der Waals surface area (Å²) in [7, 11) is 0. The Hall–Kier alpha value is -2.35. The first kappa shape index (κ1) is 17.6. The summed E-state index contributed by atoms with van der Waals surface area (Å²) in [6, 6.07) is 19.1. The minimum Gasteiger partial charge on any atom is -0.366 e. The molecule has 0 spiro atoms. The van der Waals surface area contributed by atoms with Crippen molar-refractivity contribution in [2.75, 3.05) is 0 Å². The molecule has 2 heteroatoms. The Balaban J connectivity index is 0.000000526. The van der Waals surface area contributed by atoms with E-state index in [2.05, 4.69) is 84.8 Å². The summed E-state index contributed by atoms with van der Waals surface area (Å²) in [6.45, 7) is 8.37. The molecule has 0 N–H and O–H groups in total. The van der Waals surface area contributed by atoms with E-state index >= 15 is 0 Å². The molecule has 0 fully saturated rings. The molecular formula is C18H23NO. The van der Waals surface area contributed by atoms with Crippen molar-refractivity contribution in [2.45, 2.75) is 20.8 Å². The number of benzene rings is 2. The van der Waals surface area contributed by atoms with Crippen LogP contribution in [0, 0.1) is 6.92 Å². The van der Waals surface area contributed by atoms with Gasteiger partial charge in [-0.15, -0.1) is 0 Å². The standard InChI is InChI=1S/C14H14.C3H5NO.CH4/c1-12-7-5-6-10-14(12)11-13-8-3-2-4-9-13;1-3-5-4-2;/h2-10H,11H2,1H3;3H,1-2H2;1H4. The maximum Gasteiger partial charge on any atom is 0.114 e. The van der Waals surface area contributed by atoms with Gasteiger partial charge in [-0.1, -0.05) is 73.8 Å². The topological polar surface area (TPSA) is 21.6 Å². The highest BCUT2D eigenvalue weighted by molar-refractivity contribution is 5.31. The van der Waals surface area contributed by atoms with Gasteiger partial charge in [-0.05, 0) is 30.0 Å². The highest BCUT2D eigenvalue weighted by Gasteiger charge is 1.97. The average Bonchev–Trinajstić information content (AvgIpc) is 2.44. The monoisotopic (exact) mass is 269 g/mol. The lowest BCUT2D eigenvalue weighted by atomic mass is 10.0. The first-order valence-corrected chi connectivity index (χ1v) is 6.09. The van der Waals surface area contributed by atoms with E-state index < -0.39 is 0 Å². The van der Waals surface area contributed by atoms with Gasteiger partial charge in [-0.25, -0.2) is 0 Å². The van der Waals surface area contributed by atoms with Crippen LogP contribution in [0.15, 0.2) is 72.6 Å². The number of aryl methyl sites for hydroxylation is 1. The Morgan fingerprint density at radius 1 is 1.05 bits per heavy atom. The van der Waals surface area contributed by atoms with Crippen molar-refractivity contribution in [3.8, 4) is 0 Å². The number of rotatable bonds is 4. The minimum absolute atomic E-state index is 0. The van der Waals surface area contributed by atoms with Crippen LogP contribution in [0.25, 0.3) is 0 Å². The van der Waals surface area contributed by atoms with Gasteiger partial charge in [-0.3, -0.25) is 0 Å². The molecule has 0 saturated heterocycles. The first-order chi connectivity index (χ1) is 9.27. The Kier molecular flexibility index (Phi) is 9.32. The zero-order chi connectivity index (χ0) is 13.9. The van der Waals surface area contributed by atoms with E-state index in [0.29, 0.717) is 0 Å². The molecule has 0 amide bonds. The molecule has 0 aromatic heterocycles. The first-order valence-electron chi connectivity index (χ1n) is 6.09. The van der Waals surface area contributed by atoms with Crippen molar-refractivity contribution in [3.63, 3.8) is 0 Å². The third-order valence-corrected chi connectivity index (χ3v) is 2.65. The fraction of sp³-hybridized carbons (Fsp3) is 0.167. The second-order valence-electron chi connectivity index (χ2n) is 3.99. The summed E-state index contributed by atoms with van der Waals surface area (Å²) < 4.78 is 0. The van der Waals surface area contributed by atoms with Crippen LogP contribution >= 0.6 is 0 Å². The molecule has 0 heterocycles. The van der Waals surface area contributed by atoms with E-state index in [-0.39, 0.29) is 7.43 Å². The molecule has 0 saturated carbocycles. The van der Waals surface area contributed by atoms with Crippen molar-refractivity contribution in [2.24, 2.45) is 5.16 Å². The second kappa shape index (κ2) is 10.6. The van der Waals surface area contributed by atoms with Gasteiger partial charge < -0.3 is 4.84 Å². The molecule has 2 aromatic carbocycles. The van der Waals surface area contributed by atoms with Crippen LogP contribution in [0.1, 0.15) is 24.1 Å². The molecule has 2 rings (SSSR count). The summed E-state index contributed by atoms with van der Waals surface area (Å²) in [4.78, 5) is 4.11. The molecule has 2 aromatic rings. The molecule has 0 aliphatic carbocycles. The second-order valence-corrected chi connectivity index (χ2v) is 3.99. The van der Waals surface area contributed by atoms with Crippen LogP contribution in [0.3, 0.4) is 0 Å². The van der Waals surface area contributed by atoms with E-state index in [1.165, 1.54) is 23.0 Å². The van der Waals surface area contributed by atoms with E-state index in [1.54, 1.807) is 0 Å². The molecule has 0 bridgehead atoms. The Bertz CT molecular complexity index is 500. The van der Waals surface area contributed by atoms with Gasteiger partial charge in [0.2, 0.25) is 0 Å². The van der Waals surface area contributed by atoms with Gasteiger partial charge in [0.15, 0.2) is 0 Å². The van der Waals surface area contributed by atoms with Crippen LogP contribution in [0.4, 0.5) is 0 Å². The summed E-state index contributed by atoms with van der Waals surface area (Å²) in [5, 5.41) is 2.99. The lowest BCUT2D eigenvalue weighted by Gasteiger charge is -2.04. The number of nitrogens with zero attached hydrogens (tertiary/aromatic N) is 1. The summed E-state index contributed by atoms with van der Waals surface area (Å²) >= 11 is 0.